The predicted molar refractivity (Wildman–Crippen MR) is 79.8 cm³/mol. The third-order valence-electron chi connectivity index (χ3n) is 3.92. The van der Waals surface area contributed by atoms with Crippen LogP contribution in [0.1, 0.15) is 37.7 Å². The fraction of sp³-hybridized carbons (Fsp3) is 0.438. The van der Waals surface area contributed by atoms with Gasteiger partial charge in [-0.1, -0.05) is 31.4 Å². The van der Waals surface area contributed by atoms with Gasteiger partial charge >= 0.3 is 0 Å². The summed E-state index contributed by atoms with van der Waals surface area (Å²) in [6.07, 6.45) is 3.88. The molecule has 0 bridgehead atoms. The molecule has 3 N–H and O–H groups in total. The van der Waals surface area contributed by atoms with Crippen molar-refractivity contribution in [3.8, 4) is 11.8 Å². The van der Waals surface area contributed by atoms with Crippen LogP contribution in [0.25, 0.3) is 0 Å². The van der Waals surface area contributed by atoms with Crippen molar-refractivity contribution >= 4 is 11.8 Å². The van der Waals surface area contributed by atoms with E-state index in [1.165, 1.54) is 0 Å². The minimum atomic E-state index is -0.965. The lowest BCUT2D eigenvalue weighted by Gasteiger charge is -2.35. The standard InChI is InChI=1S/C16H19N3O3/c17-10-12-6-2-3-7-13(12)22-11-14(20)19-16(15(18)21)8-4-1-5-9-16/h2-3,6-7H,1,4-5,8-9,11H2,(H2,18,21)(H,19,20). The number of nitriles is 1. The summed E-state index contributed by atoms with van der Waals surface area (Å²) >= 11 is 0. The van der Waals surface area contributed by atoms with E-state index in [0.717, 1.165) is 19.3 Å². The fourth-order valence-electron chi connectivity index (χ4n) is 2.72. The van der Waals surface area contributed by atoms with Gasteiger partial charge in [0, 0.05) is 0 Å². The van der Waals surface area contributed by atoms with Crippen molar-refractivity contribution < 1.29 is 14.3 Å². The van der Waals surface area contributed by atoms with Crippen LogP contribution >= 0.6 is 0 Å². The summed E-state index contributed by atoms with van der Waals surface area (Å²) in [5.74, 6) is -0.566. The Bertz CT molecular complexity index is 601. The molecule has 6 nitrogen and oxygen atoms in total. The van der Waals surface area contributed by atoms with Crippen molar-refractivity contribution in [3.05, 3.63) is 29.8 Å². The molecule has 0 aromatic heterocycles. The van der Waals surface area contributed by atoms with E-state index in [4.69, 9.17) is 15.7 Å². The maximum atomic E-state index is 12.1. The average Bonchev–Trinajstić information content (AvgIpc) is 2.54. The van der Waals surface area contributed by atoms with Crippen LogP contribution in [0.15, 0.2) is 24.3 Å². The Kier molecular flexibility index (Phi) is 4.99. The molecule has 2 amide bonds. The number of amides is 2. The van der Waals surface area contributed by atoms with Crippen LogP contribution < -0.4 is 15.8 Å². The zero-order valence-corrected chi connectivity index (χ0v) is 12.3. The van der Waals surface area contributed by atoms with Crippen LogP contribution in [0.4, 0.5) is 0 Å². The molecule has 0 unspecified atom stereocenters. The van der Waals surface area contributed by atoms with Gasteiger partial charge in [0.05, 0.1) is 5.56 Å². The molecule has 1 aliphatic carbocycles. The summed E-state index contributed by atoms with van der Waals surface area (Å²) in [6.45, 7) is -0.256. The molecule has 6 heteroatoms. The number of carbonyl (C=O) groups is 2. The highest BCUT2D eigenvalue weighted by atomic mass is 16.5. The quantitative estimate of drug-likeness (QED) is 0.853. The molecule has 1 aromatic carbocycles. The fourth-order valence-corrected chi connectivity index (χ4v) is 2.72. The highest BCUT2D eigenvalue weighted by Gasteiger charge is 2.39. The number of carbonyl (C=O) groups excluding carboxylic acids is 2. The summed E-state index contributed by atoms with van der Waals surface area (Å²) in [4.78, 5) is 23.8. The van der Waals surface area contributed by atoms with Crippen LogP contribution in [0.2, 0.25) is 0 Å². The van der Waals surface area contributed by atoms with Gasteiger partial charge in [-0.05, 0) is 25.0 Å². The number of nitrogens with one attached hydrogen (secondary N) is 1. The number of ether oxygens (including phenoxy) is 1. The number of nitrogens with zero attached hydrogens (tertiary/aromatic N) is 1. The van der Waals surface area contributed by atoms with Gasteiger partial charge in [0.15, 0.2) is 6.61 Å². The first kappa shape index (κ1) is 15.8. The van der Waals surface area contributed by atoms with E-state index in [9.17, 15) is 9.59 Å². The summed E-state index contributed by atoms with van der Waals surface area (Å²) in [5.41, 5.74) is 4.86. The van der Waals surface area contributed by atoms with E-state index in [1.807, 2.05) is 6.07 Å². The van der Waals surface area contributed by atoms with Gasteiger partial charge in [-0.25, -0.2) is 0 Å². The summed E-state index contributed by atoms with van der Waals surface area (Å²) in [7, 11) is 0. The lowest BCUT2D eigenvalue weighted by molar-refractivity contribution is -0.133. The van der Waals surface area contributed by atoms with Crippen LogP contribution in [0.3, 0.4) is 0 Å². The molecule has 0 aliphatic heterocycles. The van der Waals surface area contributed by atoms with Crippen molar-refractivity contribution in [3.63, 3.8) is 0 Å². The summed E-state index contributed by atoms with van der Waals surface area (Å²) in [6, 6.07) is 8.67. The number of nitrogens with two attached hydrogens (primary N) is 1. The van der Waals surface area contributed by atoms with Crippen molar-refractivity contribution in [2.75, 3.05) is 6.61 Å². The number of para-hydroxylation sites is 1. The second-order valence-corrected chi connectivity index (χ2v) is 5.45. The smallest absolute Gasteiger partial charge is 0.258 e. The molecule has 2 rings (SSSR count). The van der Waals surface area contributed by atoms with E-state index in [2.05, 4.69) is 5.32 Å². The molecule has 1 aliphatic rings. The van der Waals surface area contributed by atoms with Crippen LogP contribution in [0, 0.1) is 11.3 Å². The number of rotatable bonds is 5. The highest BCUT2D eigenvalue weighted by Crippen LogP contribution is 2.28. The molecule has 1 saturated carbocycles. The lowest BCUT2D eigenvalue weighted by Crippen LogP contribution is -2.59. The summed E-state index contributed by atoms with van der Waals surface area (Å²) < 4.78 is 5.37. The maximum Gasteiger partial charge on any atom is 0.258 e. The monoisotopic (exact) mass is 301 g/mol. The Morgan fingerprint density at radius 1 is 1.27 bits per heavy atom. The van der Waals surface area contributed by atoms with Gasteiger partial charge in [0.2, 0.25) is 5.91 Å². The van der Waals surface area contributed by atoms with E-state index in [-0.39, 0.29) is 6.61 Å². The van der Waals surface area contributed by atoms with Crippen molar-refractivity contribution in [1.82, 2.24) is 5.32 Å². The van der Waals surface area contributed by atoms with E-state index in [0.29, 0.717) is 24.2 Å². The molecule has 0 heterocycles. The Labute approximate surface area is 129 Å². The first-order chi connectivity index (χ1) is 10.6. The molecule has 1 aromatic rings. The molecule has 1 fully saturated rings. The zero-order valence-electron chi connectivity index (χ0n) is 12.3. The minimum absolute atomic E-state index is 0.256. The van der Waals surface area contributed by atoms with Crippen LogP contribution in [-0.4, -0.2) is 24.0 Å². The molecule has 0 radical (unpaired) electrons. The normalized spacial score (nSPS) is 16.3. The Hall–Kier alpha value is -2.55. The Balaban J connectivity index is 1.97. The van der Waals surface area contributed by atoms with Crippen LogP contribution in [-0.2, 0) is 9.59 Å². The molecule has 0 spiro atoms. The predicted octanol–water partition coefficient (Wildman–Crippen LogP) is 1.24. The molecule has 22 heavy (non-hydrogen) atoms. The van der Waals surface area contributed by atoms with E-state index >= 15 is 0 Å². The molecular weight excluding hydrogens is 282 g/mol. The number of primary amides is 1. The molecular formula is C16H19N3O3. The van der Waals surface area contributed by atoms with Crippen molar-refractivity contribution in [2.45, 2.75) is 37.6 Å². The van der Waals surface area contributed by atoms with E-state index < -0.39 is 17.4 Å². The van der Waals surface area contributed by atoms with Gasteiger partial charge < -0.3 is 15.8 Å². The number of hydrogen-bond donors (Lipinski definition) is 2. The topological polar surface area (TPSA) is 105 Å². The Morgan fingerprint density at radius 2 is 1.95 bits per heavy atom. The molecule has 0 atom stereocenters. The second kappa shape index (κ2) is 6.94. The zero-order chi connectivity index (χ0) is 16.0. The minimum Gasteiger partial charge on any atom is -0.482 e. The first-order valence-electron chi connectivity index (χ1n) is 7.30. The van der Waals surface area contributed by atoms with E-state index in [1.54, 1.807) is 24.3 Å². The highest BCUT2D eigenvalue weighted by molar-refractivity contribution is 5.91. The van der Waals surface area contributed by atoms with Crippen LogP contribution in [0.5, 0.6) is 5.75 Å². The second-order valence-electron chi connectivity index (χ2n) is 5.45. The lowest BCUT2D eigenvalue weighted by atomic mass is 9.81. The number of hydrogen-bond acceptors (Lipinski definition) is 4. The summed E-state index contributed by atoms with van der Waals surface area (Å²) in [5, 5.41) is 11.7. The third-order valence-corrected chi connectivity index (χ3v) is 3.92. The molecule has 116 valence electrons. The third kappa shape index (κ3) is 3.55. The Morgan fingerprint density at radius 3 is 2.59 bits per heavy atom. The first-order valence-corrected chi connectivity index (χ1v) is 7.30. The van der Waals surface area contributed by atoms with Gasteiger partial charge in [-0.15, -0.1) is 0 Å². The van der Waals surface area contributed by atoms with Gasteiger partial charge in [0.25, 0.3) is 5.91 Å². The van der Waals surface area contributed by atoms with Crippen molar-refractivity contribution in [2.24, 2.45) is 5.73 Å². The van der Waals surface area contributed by atoms with Crippen molar-refractivity contribution in [1.29, 1.82) is 5.26 Å². The number of benzene rings is 1. The largest absolute Gasteiger partial charge is 0.482 e. The average molecular weight is 301 g/mol. The van der Waals surface area contributed by atoms with Gasteiger partial charge in [-0.3, -0.25) is 9.59 Å². The van der Waals surface area contributed by atoms with Gasteiger partial charge in [0.1, 0.15) is 17.4 Å². The SMILES string of the molecule is N#Cc1ccccc1OCC(=O)NC1(C(N)=O)CCCCC1. The van der Waals surface area contributed by atoms with Gasteiger partial charge in [-0.2, -0.15) is 5.26 Å². The maximum absolute atomic E-state index is 12.1. The molecule has 0 saturated heterocycles.